The van der Waals surface area contributed by atoms with Crippen LogP contribution in [0.5, 0.6) is 17.2 Å². The Balaban J connectivity index is 2.19. The van der Waals surface area contributed by atoms with Crippen molar-refractivity contribution < 1.29 is 19.0 Å². The van der Waals surface area contributed by atoms with E-state index in [0.29, 0.717) is 29.4 Å². The lowest BCUT2D eigenvalue weighted by molar-refractivity contribution is 0.0947. The van der Waals surface area contributed by atoms with Gasteiger partial charge in [0.25, 0.3) is 5.91 Å². The summed E-state index contributed by atoms with van der Waals surface area (Å²) in [5.74, 6) is 1.20. The van der Waals surface area contributed by atoms with Crippen LogP contribution in [0.15, 0.2) is 36.4 Å². The summed E-state index contributed by atoms with van der Waals surface area (Å²) in [4.78, 5) is 12.4. The molecule has 0 saturated carbocycles. The molecule has 0 aliphatic rings. The maximum absolute atomic E-state index is 12.4. The number of nitrogens with one attached hydrogen (secondary N) is 1. The normalized spacial score (nSPS) is 10.1. The van der Waals surface area contributed by atoms with E-state index in [0.717, 1.165) is 5.56 Å². The molecule has 0 unspecified atom stereocenters. The molecule has 0 spiro atoms. The van der Waals surface area contributed by atoms with E-state index < -0.39 is 0 Å². The van der Waals surface area contributed by atoms with Crippen LogP contribution >= 0.6 is 0 Å². The third-order valence-corrected chi connectivity index (χ3v) is 3.52. The van der Waals surface area contributed by atoms with Crippen LogP contribution in [0, 0.1) is 6.92 Å². The highest BCUT2D eigenvalue weighted by atomic mass is 16.5. The lowest BCUT2D eigenvalue weighted by Gasteiger charge is -2.14. The van der Waals surface area contributed by atoms with Crippen LogP contribution in [0.25, 0.3) is 0 Å². The smallest absolute Gasteiger partial charge is 0.255 e. The van der Waals surface area contributed by atoms with Crippen LogP contribution in [0.3, 0.4) is 0 Å². The Morgan fingerprint density at radius 2 is 1.48 bits per heavy atom. The van der Waals surface area contributed by atoms with Gasteiger partial charge in [-0.3, -0.25) is 4.79 Å². The number of benzene rings is 2. The van der Waals surface area contributed by atoms with E-state index >= 15 is 0 Å². The summed E-state index contributed by atoms with van der Waals surface area (Å²) in [7, 11) is 4.57. The van der Waals surface area contributed by atoms with Crippen molar-refractivity contribution in [2.24, 2.45) is 0 Å². The van der Waals surface area contributed by atoms with E-state index in [1.165, 1.54) is 26.9 Å². The first-order valence-electron chi connectivity index (χ1n) is 7.22. The van der Waals surface area contributed by atoms with Crippen molar-refractivity contribution in [2.45, 2.75) is 13.5 Å². The number of methoxy groups -OCH3 is 3. The molecule has 0 aromatic heterocycles. The first-order valence-corrected chi connectivity index (χ1v) is 7.22. The van der Waals surface area contributed by atoms with Gasteiger partial charge in [0, 0.05) is 18.7 Å². The number of carbonyl (C=O) groups excluding carboxylic acids is 1. The van der Waals surface area contributed by atoms with Gasteiger partial charge < -0.3 is 19.5 Å². The van der Waals surface area contributed by atoms with E-state index in [1.807, 2.05) is 31.2 Å². The van der Waals surface area contributed by atoms with E-state index in [2.05, 4.69) is 5.32 Å². The molecule has 0 bridgehead atoms. The quantitative estimate of drug-likeness (QED) is 0.890. The third-order valence-electron chi connectivity index (χ3n) is 3.52. The first kappa shape index (κ1) is 16.7. The van der Waals surface area contributed by atoms with Crippen molar-refractivity contribution in [3.8, 4) is 17.2 Å². The van der Waals surface area contributed by atoms with Crippen LogP contribution in [0.2, 0.25) is 0 Å². The summed E-state index contributed by atoms with van der Waals surface area (Å²) in [6.45, 7) is 2.47. The monoisotopic (exact) mass is 315 g/mol. The van der Waals surface area contributed by atoms with Gasteiger partial charge in [0.05, 0.1) is 26.9 Å². The Morgan fingerprint density at radius 3 is 2.04 bits per heavy atom. The molecule has 122 valence electrons. The van der Waals surface area contributed by atoms with Crippen molar-refractivity contribution in [3.05, 3.63) is 53.1 Å². The minimum atomic E-state index is -0.233. The molecule has 2 aromatic carbocycles. The van der Waals surface area contributed by atoms with Gasteiger partial charge in [-0.1, -0.05) is 29.8 Å². The Morgan fingerprint density at radius 1 is 0.913 bits per heavy atom. The Kier molecular flexibility index (Phi) is 5.46. The maximum Gasteiger partial charge on any atom is 0.255 e. The average Bonchev–Trinajstić information content (AvgIpc) is 2.59. The van der Waals surface area contributed by atoms with Gasteiger partial charge in [-0.25, -0.2) is 0 Å². The molecular weight excluding hydrogens is 294 g/mol. The summed E-state index contributed by atoms with van der Waals surface area (Å²) in [6.07, 6.45) is 0. The van der Waals surface area contributed by atoms with E-state index in [4.69, 9.17) is 14.2 Å². The molecule has 0 fully saturated rings. The number of amides is 1. The zero-order valence-corrected chi connectivity index (χ0v) is 13.8. The molecule has 0 atom stereocenters. The number of rotatable bonds is 6. The van der Waals surface area contributed by atoms with Gasteiger partial charge in [-0.15, -0.1) is 0 Å². The summed E-state index contributed by atoms with van der Waals surface area (Å²) >= 11 is 0. The zero-order chi connectivity index (χ0) is 16.8. The summed E-state index contributed by atoms with van der Waals surface area (Å²) < 4.78 is 15.7. The number of carbonyl (C=O) groups is 1. The van der Waals surface area contributed by atoms with Gasteiger partial charge in [-0.2, -0.15) is 0 Å². The standard InChI is InChI=1S/C18H21NO4/c1-12-5-7-13(8-6-12)11-19-18(20)14-9-16(22-3)17(23-4)10-15(14)21-2/h5-10H,11H2,1-4H3,(H,19,20). The van der Waals surface area contributed by atoms with E-state index in [1.54, 1.807) is 12.1 Å². The molecule has 0 heterocycles. The molecule has 2 aromatic rings. The molecule has 0 aliphatic carbocycles. The number of hydrogen-bond acceptors (Lipinski definition) is 4. The van der Waals surface area contributed by atoms with Gasteiger partial charge in [0.2, 0.25) is 0 Å². The van der Waals surface area contributed by atoms with Crippen molar-refractivity contribution in [1.82, 2.24) is 5.32 Å². The molecular formula is C18H21NO4. The third kappa shape index (κ3) is 3.94. The maximum atomic E-state index is 12.4. The molecule has 2 rings (SSSR count). The van der Waals surface area contributed by atoms with E-state index in [9.17, 15) is 4.79 Å². The summed E-state index contributed by atoms with van der Waals surface area (Å²) in [5.41, 5.74) is 2.61. The first-order chi connectivity index (χ1) is 11.1. The zero-order valence-electron chi connectivity index (χ0n) is 13.8. The Hall–Kier alpha value is -2.69. The Labute approximate surface area is 136 Å². The fourth-order valence-electron chi connectivity index (χ4n) is 2.19. The summed E-state index contributed by atoms with van der Waals surface area (Å²) in [6, 6.07) is 11.3. The van der Waals surface area contributed by atoms with Crippen LogP contribution in [0.4, 0.5) is 0 Å². The second-order valence-corrected chi connectivity index (χ2v) is 5.08. The molecule has 23 heavy (non-hydrogen) atoms. The van der Waals surface area contributed by atoms with Crippen LogP contribution < -0.4 is 19.5 Å². The van der Waals surface area contributed by atoms with Crippen LogP contribution in [-0.2, 0) is 6.54 Å². The number of hydrogen-bond donors (Lipinski definition) is 1. The molecule has 0 radical (unpaired) electrons. The highest BCUT2D eigenvalue weighted by molar-refractivity contribution is 5.97. The van der Waals surface area contributed by atoms with Gasteiger partial charge in [-0.05, 0) is 12.5 Å². The molecule has 0 aliphatic heterocycles. The van der Waals surface area contributed by atoms with Crippen molar-refractivity contribution in [3.63, 3.8) is 0 Å². The Bertz CT molecular complexity index is 680. The second kappa shape index (κ2) is 7.54. The fraction of sp³-hybridized carbons (Fsp3) is 0.278. The van der Waals surface area contributed by atoms with Gasteiger partial charge >= 0.3 is 0 Å². The van der Waals surface area contributed by atoms with Crippen LogP contribution in [0.1, 0.15) is 21.5 Å². The lowest BCUT2D eigenvalue weighted by Crippen LogP contribution is -2.23. The largest absolute Gasteiger partial charge is 0.496 e. The molecule has 1 amide bonds. The highest BCUT2D eigenvalue weighted by Crippen LogP contribution is 2.34. The topological polar surface area (TPSA) is 56.8 Å². The molecule has 0 saturated heterocycles. The van der Waals surface area contributed by atoms with Gasteiger partial charge in [0.1, 0.15) is 5.75 Å². The number of ether oxygens (including phenoxy) is 3. The second-order valence-electron chi connectivity index (χ2n) is 5.08. The molecule has 1 N–H and O–H groups in total. The van der Waals surface area contributed by atoms with E-state index in [-0.39, 0.29) is 5.91 Å². The average molecular weight is 315 g/mol. The highest BCUT2D eigenvalue weighted by Gasteiger charge is 2.17. The van der Waals surface area contributed by atoms with Crippen LogP contribution in [-0.4, -0.2) is 27.2 Å². The predicted octanol–water partition coefficient (Wildman–Crippen LogP) is 2.95. The van der Waals surface area contributed by atoms with Crippen molar-refractivity contribution >= 4 is 5.91 Å². The van der Waals surface area contributed by atoms with Gasteiger partial charge in [0.15, 0.2) is 11.5 Å². The number of aryl methyl sites for hydroxylation is 1. The fourth-order valence-corrected chi connectivity index (χ4v) is 2.19. The van der Waals surface area contributed by atoms with Crippen molar-refractivity contribution in [2.75, 3.05) is 21.3 Å². The minimum Gasteiger partial charge on any atom is -0.496 e. The summed E-state index contributed by atoms with van der Waals surface area (Å²) in [5, 5.41) is 2.88. The molecule has 5 nitrogen and oxygen atoms in total. The van der Waals surface area contributed by atoms with Crippen molar-refractivity contribution in [1.29, 1.82) is 0 Å². The SMILES string of the molecule is COc1cc(OC)c(C(=O)NCc2ccc(C)cc2)cc1OC. The molecule has 5 heteroatoms. The minimum absolute atomic E-state index is 0.233. The lowest BCUT2D eigenvalue weighted by atomic mass is 10.1. The predicted molar refractivity (Wildman–Crippen MR) is 88.4 cm³/mol.